The van der Waals surface area contributed by atoms with Gasteiger partial charge in [0.15, 0.2) is 5.78 Å². The van der Waals surface area contributed by atoms with Crippen LogP contribution in [0.5, 0.6) is 5.75 Å². The van der Waals surface area contributed by atoms with Crippen LogP contribution in [0.1, 0.15) is 23.2 Å². The van der Waals surface area contributed by atoms with E-state index in [-0.39, 0.29) is 5.78 Å². The Balaban J connectivity index is 1.61. The Morgan fingerprint density at radius 1 is 1.35 bits per heavy atom. The fourth-order valence-electron chi connectivity index (χ4n) is 3.29. The number of ether oxygens (including phenoxy) is 1. The molecular weight excluding hydrogens is 252 g/mol. The van der Waals surface area contributed by atoms with E-state index in [9.17, 15) is 4.79 Å². The van der Waals surface area contributed by atoms with Crippen LogP contribution in [0.3, 0.4) is 0 Å². The second kappa shape index (κ2) is 5.94. The van der Waals surface area contributed by atoms with Gasteiger partial charge in [0.1, 0.15) is 5.75 Å². The first-order valence-corrected chi connectivity index (χ1v) is 7.40. The van der Waals surface area contributed by atoms with Crippen LogP contribution in [0.4, 0.5) is 0 Å². The standard InChI is InChI=1S/C16H22N2O2/c1-20-15-6-2-4-13(10-15)16(19)12-17-8-9-18-7-3-5-14(18)11-17/h2,4,6,10,14H,3,5,7-9,11-12H2,1H3. The second-order valence-corrected chi connectivity index (χ2v) is 5.72. The molecule has 0 radical (unpaired) electrons. The predicted molar refractivity (Wildman–Crippen MR) is 78.4 cm³/mol. The summed E-state index contributed by atoms with van der Waals surface area (Å²) in [5, 5.41) is 0. The zero-order valence-corrected chi connectivity index (χ0v) is 12.0. The number of carbonyl (C=O) groups is 1. The van der Waals surface area contributed by atoms with Crippen molar-refractivity contribution in [1.29, 1.82) is 0 Å². The molecule has 2 heterocycles. The number of nitrogens with zero attached hydrogens (tertiary/aromatic N) is 2. The van der Waals surface area contributed by atoms with Crippen molar-refractivity contribution >= 4 is 5.78 Å². The van der Waals surface area contributed by atoms with Crippen molar-refractivity contribution in [1.82, 2.24) is 9.80 Å². The first-order valence-electron chi connectivity index (χ1n) is 7.40. The van der Waals surface area contributed by atoms with Gasteiger partial charge < -0.3 is 4.74 Å². The summed E-state index contributed by atoms with van der Waals surface area (Å²) in [6.07, 6.45) is 2.59. The smallest absolute Gasteiger partial charge is 0.176 e. The Morgan fingerprint density at radius 3 is 3.10 bits per heavy atom. The van der Waals surface area contributed by atoms with Gasteiger partial charge in [-0.1, -0.05) is 12.1 Å². The molecule has 1 aromatic carbocycles. The molecule has 0 amide bonds. The molecule has 2 fully saturated rings. The second-order valence-electron chi connectivity index (χ2n) is 5.72. The van der Waals surface area contributed by atoms with Gasteiger partial charge in [-0.15, -0.1) is 0 Å². The number of piperazine rings is 1. The van der Waals surface area contributed by atoms with E-state index in [0.29, 0.717) is 12.6 Å². The maximum atomic E-state index is 12.4. The molecule has 1 unspecified atom stereocenters. The third kappa shape index (κ3) is 2.86. The lowest BCUT2D eigenvalue weighted by Gasteiger charge is -2.37. The van der Waals surface area contributed by atoms with Crippen LogP contribution in [0, 0.1) is 0 Å². The third-order valence-corrected chi connectivity index (χ3v) is 4.43. The lowest BCUT2D eigenvalue weighted by atomic mass is 10.1. The molecule has 0 saturated carbocycles. The number of hydrogen-bond donors (Lipinski definition) is 0. The van der Waals surface area contributed by atoms with E-state index in [4.69, 9.17) is 4.74 Å². The van der Waals surface area contributed by atoms with Crippen molar-refractivity contribution in [2.45, 2.75) is 18.9 Å². The SMILES string of the molecule is COc1cccc(C(=O)CN2CCN3CCCC3C2)c1. The highest BCUT2D eigenvalue weighted by atomic mass is 16.5. The lowest BCUT2D eigenvalue weighted by Crippen LogP contribution is -2.51. The number of fused-ring (bicyclic) bond motifs is 1. The molecule has 1 aromatic rings. The minimum atomic E-state index is 0.190. The van der Waals surface area contributed by atoms with Gasteiger partial charge in [-0.05, 0) is 31.5 Å². The molecule has 2 aliphatic rings. The lowest BCUT2D eigenvalue weighted by molar-refractivity contribution is 0.0784. The van der Waals surface area contributed by atoms with Crippen molar-refractivity contribution in [2.24, 2.45) is 0 Å². The molecule has 0 N–H and O–H groups in total. The highest BCUT2D eigenvalue weighted by molar-refractivity contribution is 5.97. The van der Waals surface area contributed by atoms with Crippen LogP contribution in [0.25, 0.3) is 0 Å². The molecule has 1 atom stereocenters. The van der Waals surface area contributed by atoms with Crippen molar-refractivity contribution in [3.05, 3.63) is 29.8 Å². The van der Waals surface area contributed by atoms with Gasteiger partial charge in [0.05, 0.1) is 13.7 Å². The maximum absolute atomic E-state index is 12.4. The summed E-state index contributed by atoms with van der Waals surface area (Å²) < 4.78 is 5.18. The number of rotatable bonds is 4. The van der Waals surface area contributed by atoms with Gasteiger partial charge in [-0.3, -0.25) is 14.6 Å². The molecule has 0 aliphatic carbocycles. The number of Topliss-reactive ketones (excluding diaryl/α,β-unsaturated/α-hetero) is 1. The van der Waals surface area contributed by atoms with Crippen LogP contribution in [0.15, 0.2) is 24.3 Å². The summed E-state index contributed by atoms with van der Waals surface area (Å²) in [6, 6.07) is 8.11. The van der Waals surface area contributed by atoms with E-state index in [1.807, 2.05) is 24.3 Å². The van der Waals surface area contributed by atoms with Crippen LogP contribution in [-0.4, -0.2) is 61.5 Å². The fourth-order valence-corrected chi connectivity index (χ4v) is 3.29. The van der Waals surface area contributed by atoms with Crippen LogP contribution >= 0.6 is 0 Å². The van der Waals surface area contributed by atoms with E-state index in [0.717, 1.165) is 30.9 Å². The fraction of sp³-hybridized carbons (Fsp3) is 0.562. The van der Waals surface area contributed by atoms with Crippen LogP contribution in [0.2, 0.25) is 0 Å². The van der Waals surface area contributed by atoms with Gasteiger partial charge in [-0.25, -0.2) is 0 Å². The predicted octanol–water partition coefficient (Wildman–Crippen LogP) is 1.66. The first-order chi connectivity index (χ1) is 9.76. The molecular formula is C16H22N2O2. The Hall–Kier alpha value is -1.39. The molecule has 2 aliphatic heterocycles. The number of hydrogen-bond acceptors (Lipinski definition) is 4. The van der Waals surface area contributed by atoms with E-state index in [1.165, 1.54) is 19.4 Å². The quantitative estimate of drug-likeness (QED) is 0.782. The molecule has 20 heavy (non-hydrogen) atoms. The Bertz CT molecular complexity index is 489. The van der Waals surface area contributed by atoms with E-state index >= 15 is 0 Å². The summed E-state index contributed by atoms with van der Waals surface area (Å²) in [7, 11) is 1.63. The maximum Gasteiger partial charge on any atom is 0.176 e. The van der Waals surface area contributed by atoms with Crippen LogP contribution in [-0.2, 0) is 0 Å². The average Bonchev–Trinajstić information content (AvgIpc) is 2.95. The van der Waals surface area contributed by atoms with Crippen molar-refractivity contribution < 1.29 is 9.53 Å². The Kier molecular flexibility index (Phi) is 4.03. The van der Waals surface area contributed by atoms with Crippen molar-refractivity contribution in [3.8, 4) is 5.75 Å². The molecule has 0 aromatic heterocycles. The normalized spacial score (nSPS) is 23.6. The van der Waals surface area contributed by atoms with Gasteiger partial charge in [0.25, 0.3) is 0 Å². The highest BCUT2D eigenvalue weighted by Gasteiger charge is 2.31. The number of benzene rings is 1. The molecule has 2 saturated heterocycles. The average molecular weight is 274 g/mol. The molecule has 0 spiro atoms. The van der Waals surface area contributed by atoms with Crippen LogP contribution < -0.4 is 4.74 Å². The topological polar surface area (TPSA) is 32.8 Å². The van der Waals surface area contributed by atoms with Gasteiger partial charge in [0, 0.05) is 31.2 Å². The van der Waals surface area contributed by atoms with E-state index in [1.54, 1.807) is 7.11 Å². The van der Waals surface area contributed by atoms with E-state index < -0.39 is 0 Å². The number of ketones is 1. The Labute approximate surface area is 120 Å². The molecule has 0 bridgehead atoms. The molecule has 4 heteroatoms. The zero-order chi connectivity index (χ0) is 13.9. The van der Waals surface area contributed by atoms with Gasteiger partial charge in [-0.2, -0.15) is 0 Å². The summed E-state index contributed by atoms with van der Waals surface area (Å²) in [5.41, 5.74) is 0.748. The minimum Gasteiger partial charge on any atom is -0.497 e. The monoisotopic (exact) mass is 274 g/mol. The summed E-state index contributed by atoms with van der Waals surface area (Å²) in [6.45, 7) is 4.91. The largest absolute Gasteiger partial charge is 0.497 e. The van der Waals surface area contributed by atoms with E-state index in [2.05, 4.69) is 9.80 Å². The summed E-state index contributed by atoms with van der Waals surface area (Å²) in [5.74, 6) is 0.937. The molecule has 4 nitrogen and oxygen atoms in total. The first kappa shape index (κ1) is 13.6. The van der Waals surface area contributed by atoms with Gasteiger partial charge >= 0.3 is 0 Å². The zero-order valence-electron chi connectivity index (χ0n) is 12.0. The third-order valence-electron chi connectivity index (χ3n) is 4.43. The van der Waals surface area contributed by atoms with Crippen molar-refractivity contribution in [3.63, 3.8) is 0 Å². The number of carbonyl (C=O) groups excluding carboxylic acids is 1. The molecule has 108 valence electrons. The summed E-state index contributed by atoms with van der Waals surface area (Å²) in [4.78, 5) is 17.2. The summed E-state index contributed by atoms with van der Waals surface area (Å²) >= 11 is 0. The Morgan fingerprint density at radius 2 is 2.25 bits per heavy atom. The van der Waals surface area contributed by atoms with Crippen molar-refractivity contribution in [2.75, 3.05) is 39.8 Å². The van der Waals surface area contributed by atoms with Gasteiger partial charge in [0.2, 0.25) is 0 Å². The number of methoxy groups -OCH3 is 1. The minimum absolute atomic E-state index is 0.190. The highest BCUT2D eigenvalue weighted by Crippen LogP contribution is 2.21. The molecule has 3 rings (SSSR count).